The number of rotatable bonds is 5. The van der Waals surface area contributed by atoms with Crippen molar-refractivity contribution in [3.05, 3.63) is 65.1 Å². The van der Waals surface area contributed by atoms with Crippen LogP contribution >= 0.6 is 0 Å². The van der Waals surface area contributed by atoms with E-state index >= 15 is 0 Å². The maximum atomic E-state index is 12.4. The van der Waals surface area contributed by atoms with Gasteiger partial charge in [-0.25, -0.2) is 4.79 Å². The van der Waals surface area contributed by atoms with E-state index in [1.807, 2.05) is 24.3 Å². The molecule has 2 heterocycles. The molecule has 1 aliphatic heterocycles. The highest BCUT2D eigenvalue weighted by Crippen LogP contribution is 2.24. The van der Waals surface area contributed by atoms with Crippen molar-refractivity contribution >= 4 is 22.7 Å². The number of carbonyl (C=O) groups is 1. The first-order valence-corrected chi connectivity index (χ1v) is 8.89. The fraction of sp³-hybridized carbons (Fsp3) is 0.300. The van der Waals surface area contributed by atoms with Crippen LogP contribution in [0.5, 0.6) is 0 Å². The Morgan fingerprint density at radius 3 is 2.73 bits per heavy atom. The molecule has 0 bridgehead atoms. The molecular weight excluding hydrogens is 330 g/mol. The second kappa shape index (κ2) is 7.07. The molecule has 1 amide bonds. The van der Waals surface area contributed by atoms with Crippen molar-refractivity contribution in [2.24, 2.45) is 0 Å². The number of anilines is 1. The number of hydrogen-bond acceptors (Lipinski definition) is 4. The zero-order valence-electron chi connectivity index (χ0n) is 14.4. The number of aromatic nitrogens is 1. The number of nitrogens with one attached hydrogen (secondary N) is 1. The molecule has 3 aromatic rings. The minimum absolute atomic E-state index is 0.0338. The van der Waals surface area contributed by atoms with Gasteiger partial charge in [-0.05, 0) is 37.1 Å². The number of para-hydroxylation sites is 3. The average Bonchev–Trinajstić information content (AvgIpc) is 3.25. The summed E-state index contributed by atoms with van der Waals surface area (Å²) < 4.78 is 6.54. The third-order valence-electron chi connectivity index (χ3n) is 4.88. The predicted octanol–water partition coefficient (Wildman–Crippen LogP) is 2.38. The van der Waals surface area contributed by atoms with Crippen LogP contribution in [0.1, 0.15) is 12.8 Å². The fourth-order valence-electron chi connectivity index (χ4n) is 3.60. The highest BCUT2D eigenvalue weighted by atomic mass is 16.4. The van der Waals surface area contributed by atoms with E-state index in [-0.39, 0.29) is 18.5 Å². The summed E-state index contributed by atoms with van der Waals surface area (Å²) in [6.07, 6.45) is 2.16. The molecule has 0 saturated carbocycles. The Hall–Kier alpha value is -3.02. The zero-order valence-corrected chi connectivity index (χ0v) is 14.4. The molecule has 0 spiro atoms. The van der Waals surface area contributed by atoms with Crippen molar-refractivity contribution in [3.8, 4) is 0 Å². The van der Waals surface area contributed by atoms with E-state index in [9.17, 15) is 9.59 Å². The topological polar surface area (TPSA) is 67.5 Å². The highest BCUT2D eigenvalue weighted by Gasteiger charge is 2.25. The van der Waals surface area contributed by atoms with Crippen LogP contribution < -0.4 is 16.0 Å². The lowest BCUT2D eigenvalue weighted by Crippen LogP contribution is -2.41. The van der Waals surface area contributed by atoms with Gasteiger partial charge in [0.25, 0.3) is 0 Å². The lowest BCUT2D eigenvalue weighted by molar-refractivity contribution is -0.121. The summed E-state index contributed by atoms with van der Waals surface area (Å²) in [5, 5.41) is 2.97. The van der Waals surface area contributed by atoms with Crippen LogP contribution in [0.25, 0.3) is 11.1 Å². The molecule has 2 aromatic carbocycles. The highest BCUT2D eigenvalue weighted by molar-refractivity contribution is 5.79. The van der Waals surface area contributed by atoms with Gasteiger partial charge in [0.05, 0.1) is 5.52 Å². The molecule has 1 N–H and O–H groups in total. The van der Waals surface area contributed by atoms with E-state index < -0.39 is 5.76 Å². The maximum Gasteiger partial charge on any atom is 0.420 e. The first kappa shape index (κ1) is 16.4. The smallest absolute Gasteiger partial charge is 0.408 e. The number of nitrogens with zero attached hydrogens (tertiary/aromatic N) is 2. The zero-order chi connectivity index (χ0) is 17.9. The SMILES string of the molecule is O=C(Cn1c(=O)oc2ccccc21)NCC1CCCN1c1ccccc1. The van der Waals surface area contributed by atoms with Gasteiger partial charge in [-0.2, -0.15) is 0 Å². The largest absolute Gasteiger partial charge is 0.420 e. The Morgan fingerprint density at radius 2 is 1.88 bits per heavy atom. The number of hydrogen-bond donors (Lipinski definition) is 1. The molecule has 1 saturated heterocycles. The lowest BCUT2D eigenvalue weighted by atomic mass is 10.2. The normalized spacial score (nSPS) is 16.9. The second-order valence-electron chi connectivity index (χ2n) is 6.55. The molecule has 1 fully saturated rings. The Labute approximate surface area is 151 Å². The molecule has 1 atom stereocenters. The van der Waals surface area contributed by atoms with Gasteiger partial charge in [0.1, 0.15) is 6.54 Å². The van der Waals surface area contributed by atoms with Crippen molar-refractivity contribution in [1.29, 1.82) is 0 Å². The minimum Gasteiger partial charge on any atom is -0.408 e. The van der Waals surface area contributed by atoms with Gasteiger partial charge in [-0.1, -0.05) is 30.3 Å². The van der Waals surface area contributed by atoms with Crippen LogP contribution in [-0.2, 0) is 11.3 Å². The summed E-state index contributed by atoms with van der Waals surface area (Å²) >= 11 is 0. The summed E-state index contributed by atoms with van der Waals surface area (Å²) in [4.78, 5) is 26.7. The van der Waals surface area contributed by atoms with Gasteiger partial charge in [0.15, 0.2) is 5.58 Å². The molecule has 1 aliphatic rings. The molecule has 134 valence electrons. The lowest BCUT2D eigenvalue weighted by Gasteiger charge is -2.27. The Balaban J connectivity index is 1.41. The van der Waals surface area contributed by atoms with Gasteiger partial charge < -0.3 is 14.6 Å². The fourth-order valence-corrected chi connectivity index (χ4v) is 3.60. The molecule has 0 radical (unpaired) electrons. The predicted molar refractivity (Wildman–Crippen MR) is 100 cm³/mol. The molecule has 6 nitrogen and oxygen atoms in total. The van der Waals surface area contributed by atoms with E-state index in [2.05, 4.69) is 22.3 Å². The van der Waals surface area contributed by atoms with Gasteiger partial charge in [-0.15, -0.1) is 0 Å². The third-order valence-corrected chi connectivity index (χ3v) is 4.88. The van der Waals surface area contributed by atoms with E-state index in [0.717, 1.165) is 19.4 Å². The number of carbonyl (C=O) groups excluding carboxylic acids is 1. The Bertz CT molecular complexity index is 961. The molecule has 1 aromatic heterocycles. The molecule has 26 heavy (non-hydrogen) atoms. The van der Waals surface area contributed by atoms with E-state index in [1.54, 1.807) is 18.2 Å². The van der Waals surface area contributed by atoms with Crippen molar-refractivity contribution in [3.63, 3.8) is 0 Å². The number of fused-ring (bicyclic) bond motifs is 1. The van der Waals surface area contributed by atoms with Crippen LogP contribution in [0.4, 0.5) is 5.69 Å². The Kier molecular flexibility index (Phi) is 4.48. The van der Waals surface area contributed by atoms with Gasteiger partial charge in [-0.3, -0.25) is 9.36 Å². The second-order valence-corrected chi connectivity index (χ2v) is 6.55. The summed E-state index contributed by atoms with van der Waals surface area (Å²) in [7, 11) is 0. The van der Waals surface area contributed by atoms with Crippen molar-refractivity contribution in [2.45, 2.75) is 25.4 Å². The standard InChI is InChI=1S/C20H21N3O3/c24-19(14-23-17-10-4-5-11-18(17)26-20(23)25)21-13-16-9-6-12-22(16)15-7-2-1-3-8-15/h1-5,7-8,10-11,16H,6,9,12-14H2,(H,21,24). The molecule has 4 rings (SSSR count). The van der Waals surface area contributed by atoms with Crippen LogP contribution in [-0.4, -0.2) is 29.6 Å². The maximum absolute atomic E-state index is 12.4. The van der Waals surface area contributed by atoms with Crippen LogP contribution in [0.3, 0.4) is 0 Å². The number of oxazole rings is 1. The Morgan fingerprint density at radius 1 is 1.12 bits per heavy atom. The van der Waals surface area contributed by atoms with Crippen LogP contribution in [0, 0.1) is 0 Å². The van der Waals surface area contributed by atoms with Crippen LogP contribution in [0.15, 0.2) is 63.8 Å². The summed E-state index contributed by atoms with van der Waals surface area (Å²) in [6.45, 7) is 1.53. The van der Waals surface area contributed by atoms with Crippen molar-refractivity contribution < 1.29 is 9.21 Å². The summed E-state index contributed by atoms with van der Waals surface area (Å²) in [5.74, 6) is -0.688. The van der Waals surface area contributed by atoms with E-state index in [4.69, 9.17) is 4.42 Å². The van der Waals surface area contributed by atoms with Gasteiger partial charge >= 0.3 is 5.76 Å². The van der Waals surface area contributed by atoms with Gasteiger partial charge in [0.2, 0.25) is 5.91 Å². The minimum atomic E-state index is -0.506. The molecule has 1 unspecified atom stereocenters. The summed E-state index contributed by atoms with van der Waals surface area (Å²) in [5.41, 5.74) is 2.32. The summed E-state index contributed by atoms with van der Waals surface area (Å²) in [6, 6.07) is 17.6. The van der Waals surface area contributed by atoms with E-state index in [0.29, 0.717) is 17.6 Å². The number of benzene rings is 2. The molecular formula is C20H21N3O3. The molecule has 6 heteroatoms. The first-order valence-electron chi connectivity index (χ1n) is 8.89. The van der Waals surface area contributed by atoms with Gasteiger partial charge in [0, 0.05) is 24.8 Å². The average molecular weight is 351 g/mol. The first-order chi connectivity index (χ1) is 12.7. The van der Waals surface area contributed by atoms with E-state index in [1.165, 1.54) is 10.3 Å². The third kappa shape index (κ3) is 3.22. The monoisotopic (exact) mass is 351 g/mol. The van der Waals surface area contributed by atoms with Crippen molar-refractivity contribution in [2.75, 3.05) is 18.0 Å². The van der Waals surface area contributed by atoms with Crippen LogP contribution in [0.2, 0.25) is 0 Å². The van der Waals surface area contributed by atoms with Crippen molar-refractivity contribution in [1.82, 2.24) is 9.88 Å². The quantitative estimate of drug-likeness (QED) is 0.766. The number of amides is 1. The molecule has 0 aliphatic carbocycles.